The molecule has 7 heteroatoms. The summed E-state index contributed by atoms with van der Waals surface area (Å²) in [5.41, 5.74) is 9.23. The van der Waals surface area contributed by atoms with Crippen LogP contribution in [-0.2, 0) is 0 Å². The first-order chi connectivity index (χ1) is 13.9. The Morgan fingerprint density at radius 2 is 1.83 bits per heavy atom. The smallest absolute Gasteiger partial charge is 0.257 e. The molecule has 0 aliphatic carbocycles. The van der Waals surface area contributed by atoms with Crippen LogP contribution in [0.1, 0.15) is 39.8 Å². The van der Waals surface area contributed by atoms with Crippen molar-refractivity contribution in [2.45, 2.75) is 26.3 Å². The molecule has 2 saturated heterocycles. The number of fused-ring (bicyclic) bond motifs is 1. The SMILES string of the molecule is Cc1ncnc(C)c1C(=O)N1CC2CN(CCC(N)c3cccc(F)c3)CC2C1. The standard InChI is InChI=1S/C22H28FN5O/c1-14-21(15(2)26-13-25-14)22(29)28-11-17-9-27(10-18(17)12-28)7-6-20(24)16-4-3-5-19(23)8-16/h3-5,8,13,17-18,20H,6-7,9-12,24H2,1-2H3. The molecular formula is C22H28FN5O. The van der Waals surface area contributed by atoms with Crippen molar-refractivity contribution in [2.75, 3.05) is 32.7 Å². The molecule has 2 aliphatic rings. The van der Waals surface area contributed by atoms with Crippen molar-refractivity contribution >= 4 is 5.91 Å². The van der Waals surface area contributed by atoms with Crippen LogP contribution >= 0.6 is 0 Å². The van der Waals surface area contributed by atoms with Crippen molar-refractivity contribution < 1.29 is 9.18 Å². The van der Waals surface area contributed by atoms with Gasteiger partial charge in [-0.2, -0.15) is 0 Å². The molecule has 1 aromatic carbocycles. The number of carbonyl (C=O) groups is 1. The minimum Gasteiger partial charge on any atom is -0.338 e. The summed E-state index contributed by atoms with van der Waals surface area (Å²) in [6.45, 7) is 8.14. The zero-order valence-electron chi connectivity index (χ0n) is 17.0. The third-order valence-electron chi connectivity index (χ3n) is 6.32. The summed E-state index contributed by atoms with van der Waals surface area (Å²) < 4.78 is 13.4. The molecule has 2 aromatic rings. The number of nitrogens with zero attached hydrogens (tertiary/aromatic N) is 4. The highest BCUT2D eigenvalue weighted by atomic mass is 19.1. The summed E-state index contributed by atoms with van der Waals surface area (Å²) in [6.07, 6.45) is 2.30. The second-order valence-corrected chi connectivity index (χ2v) is 8.36. The first kappa shape index (κ1) is 19.9. The molecule has 0 radical (unpaired) electrons. The van der Waals surface area contributed by atoms with Crippen LogP contribution in [0.2, 0.25) is 0 Å². The number of amides is 1. The lowest BCUT2D eigenvalue weighted by Crippen LogP contribution is -2.35. The highest BCUT2D eigenvalue weighted by Gasteiger charge is 2.42. The monoisotopic (exact) mass is 397 g/mol. The molecule has 2 fully saturated rings. The molecule has 1 amide bonds. The molecule has 0 saturated carbocycles. The van der Waals surface area contributed by atoms with Crippen molar-refractivity contribution in [3.63, 3.8) is 0 Å². The summed E-state index contributed by atoms with van der Waals surface area (Å²) in [5.74, 6) is 0.798. The van der Waals surface area contributed by atoms with Gasteiger partial charge in [0.15, 0.2) is 0 Å². The average molecular weight is 397 g/mol. The molecule has 154 valence electrons. The number of rotatable bonds is 5. The summed E-state index contributed by atoms with van der Waals surface area (Å²) in [7, 11) is 0. The second kappa shape index (κ2) is 8.16. The van der Waals surface area contributed by atoms with E-state index in [9.17, 15) is 9.18 Å². The highest BCUT2D eigenvalue weighted by Crippen LogP contribution is 2.32. The van der Waals surface area contributed by atoms with Gasteiger partial charge in [0.2, 0.25) is 0 Å². The van der Waals surface area contributed by atoms with E-state index in [0.29, 0.717) is 17.4 Å². The van der Waals surface area contributed by atoms with Gasteiger partial charge in [-0.3, -0.25) is 4.79 Å². The fourth-order valence-corrected chi connectivity index (χ4v) is 4.72. The number of benzene rings is 1. The van der Waals surface area contributed by atoms with Gasteiger partial charge in [0, 0.05) is 32.2 Å². The molecule has 4 rings (SSSR count). The van der Waals surface area contributed by atoms with E-state index < -0.39 is 0 Å². The molecule has 3 atom stereocenters. The van der Waals surface area contributed by atoms with E-state index >= 15 is 0 Å². The van der Waals surface area contributed by atoms with Crippen molar-refractivity contribution in [1.82, 2.24) is 19.8 Å². The minimum atomic E-state index is -0.243. The van der Waals surface area contributed by atoms with Crippen LogP contribution in [0, 0.1) is 31.5 Å². The van der Waals surface area contributed by atoms with Gasteiger partial charge in [0.05, 0.1) is 17.0 Å². The van der Waals surface area contributed by atoms with Crippen LogP contribution in [0.5, 0.6) is 0 Å². The van der Waals surface area contributed by atoms with Gasteiger partial charge in [-0.05, 0) is 56.3 Å². The van der Waals surface area contributed by atoms with E-state index in [0.717, 1.165) is 56.1 Å². The second-order valence-electron chi connectivity index (χ2n) is 8.36. The summed E-state index contributed by atoms with van der Waals surface area (Å²) in [6, 6.07) is 6.39. The van der Waals surface area contributed by atoms with Gasteiger partial charge in [0.25, 0.3) is 5.91 Å². The Morgan fingerprint density at radius 1 is 1.17 bits per heavy atom. The predicted octanol–water partition coefficient (Wildman–Crippen LogP) is 2.33. The maximum atomic E-state index is 13.4. The zero-order valence-corrected chi connectivity index (χ0v) is 17.0. The number of hydrogen-bond acceptors (Lipinski definition) is 5. The predicted molar refractivity (Wildman–Crippen MR) is 109 cm³/mol. The Hall–Kier alpha value is -2.38. The molecule has 2 aliphatic heterocycles. The Balaban J connectivity index is 1.30. The number of hydrogen-bond donors (Lipinski definition) is 1. The molecule has 0 spiro atoms. The van der Waals surface area contributed by atoms with E-state index in [1.165, 1.54) is 18.5 Å². The van der Waals surface area contributed by atoms with Gasteiger partial charge in [-0.15, -0.1) is 0 Å². The Kier molecular flexibility index (Phi) is 5.61. The third-order valence-corrected chi connectivity index (χ3v) is 6.32. The minimum absolute atomic E-state index is 0.0506. The van der Waals surface area contributed by atoms with E-state index in [4.69, 9.17) is 5.73 Å². The fraction of sp³-hybridized carbons (Fsp3) is 0.500. The number of aryl methyl sites for hydroxylation is 2. The lowest BCUT2D eigenvalue weighted by Gasteiger charge is -2.23. The molecular weight excluding hydrogens is 369 g/mol. The van der Waals surface area contributed by atoms with Gasteiger partial charge in [-0.25, -0.2) is 14.4 Å². The normalized spacial score (nSPS) is 22.7. The first-order valence-corrected chi connectivity index (χ1v) is 10.2. The number of halogens is 1. The molecule has 3 unspecified atom stereocenters. The molecule has 1 aromatic heterocycles. The summed E-state index contributed by atoms with van der Waals surface area (Å²) in [4.78, 5) is 25.7. The number of carbonyl (C=O) groups excluding carboxylic acids is 1. The number of likely N-dealkylation sites (tertiary alicyclic amines) is 2. The molecule has 29 heavy (non-hydrogen) atoms. The Morgan fingerprint density at radius 3 is 2.45 bits per heavy atom. The topological polar surface area (TPSA) is 75.4 Å². The Bertz CT molecular complexity index is 870. The van der Waals surface area contributed by atoms with E-state index in [2.05, 4.69) is 14.9 Å². The molecule has 3 heterocycles. The lowest BCUT2D eigenvalue weighted by molar-refractivity contribution is 0.0771. The maximum Gasteiger partial charge on any atom is 0.257 e. The number of nitrogens with two attached hydrogens (primary N) is 1. The van der Waals surface area contributed by atoms with Crippen molar-refractivity contribution in [3.8, 4) is 0 Å². The van der Waals surface area contributed by atoms with Gasteiger partial charge in [0.1, 0.15) is 12.1 Å². The van der Waals surface area contributed by atoms with Crippen molar-refractivity contribution in [2.24, 2.45) is 17.6 Å². The molecule has 2 N–H and O–H groups in total. The largest absolute Gasteiger partial charge is 0.338 e. The molecule has 0 bridgehead atoms. The maximum absolute atomic E-state index is 13.4. The van der Waals surface area contributed by atoms with Crippen molar-refractivity contribution in [3.05, 3.63) is 58.9 Å². The van der Waals surface area contributed by atoms with Crippen LogP contribution in [0.3, 0.4) is 0 Å². The Labute approximate surface area is 170 Å². The van der Waals surface area contributed by atoms with Crippen molar-refractivity contribution in [1.29, 1.82) is 0 Å². The van der Waals surface area contributed by atoms with Crippen LogP contribution in [0.4, 0.5) is 4.39 Å². The first-order valence-electron chi connectivity index (χ1n) is 10.2. The molecule has 6 nitrogen and oxygen atoms in total. The summed E-state index contributed by atoms with van der Waals surface area (Å²) >= 11 is 0. The van der Waals surface area contributed by atoms with Crippen LogP contribution in [0.15, 0.2) is 30.6 Å². The van der Waals surface area contributed by atoms with Gasteiger partial charge >= 0.3 is 0 Å². The van der Waals surface area contributed by atoms with E-state index in [1.54, 1.807) is 6.07 Å². The quantitative estimate of drug-likeness (QED) is 0.838. The highest BCUT2D eigenvalue weighted by molar-refractivity contribution is 5.96. The van der Waals surface area contributed by atoms with Crippen LogP contribution in [0.25, 0.3) is 0 Å². The van der Waals surface area contributed by atoms with E-state index in [-0.39, 0.29) is 17.8 Å². The van der Waals surface area contributed by atoms with Gasteiger partial charge in [-0.1, -0.05) is 12.1 Å². The van der Waals surface area contributed by atoms with Crippen LogP contribution in [-0.4, -0.2) is 58.4 Å². The number of aromatic nitrogens is 2. The zero-order chi connectivity index (χ0) is 20.5. The average Bonchev–Trinajstić information content (AvgIpc) is 3.24. The third kappa shape index (κ3) is 4.16. The fourth-order valence-electron chi connectivity index (χ4n) is 4.72. The van der Waals surface area contributed by atoms with Gasteiger partial charge < -0.3 is 15.5 Å². The van der Waals surface area contributed by atoms with E-state index in [1.807, 2.05) is 24.8 Å². The lowest BCUT2D eigenvalue weighted by atomic mass is 10.0. The summed E-state index contributed by atoms with van der Waals surface area (Å²) in [5, 5.41) is 0. The van der Waals surface area contributed by atoms with Crippen LogP contribution < -0.4 is 5.73 Å².